The molecule has 2 aliphatic rings. The smallest absolute Gasteiger partial charge is 0.327 e. The number of methoxy groups -OCH3 is 1. The third-order valence-electron chi connectivity index (χ3n) is 6.65. The van der Waals surface area contributed by atoms with Gasteiger partial charge in [-0.3, -0.25) is 19.5 Å². The second-order valence-corrected chi connectivity index (χ2v) is 8.73. The number of rotatable bonds is 8. The number of nitrogens with zero attached hydrogens (tertiary/aromatic N) is 3. The van der Waals surface area contributed by atoms with E-state index < -0.39 is 11.6 Å². The van der Waals surface area contributed by atoms with Crippen molar-refractivity contribution in [2.75, 3.05) is 20.7 Å². The number of ether oxygens (including phenoxy) is 2. The van der Waals surface area contributed by atoms with Gasteiger partial charge in [0.15, 0.2) is 11.5 Å². The first-order chi connectivity index (χ1) is 16.4. The molecule has 2 heterocycles. The van der Waals surface area contributed by atoms with Gasteiger partial charge in [0, 0.05) is 26.0 Å². The lowest BCUT2D eigenvalue weighted by Crippen LogP contribution is -2.49. The highest BCUT2D eigenvalue weighted by atomic mass is 16.5. The predicted molar refractivity (Wildman–Crippen MR) is 124 cm³/mol. The van der Waals surface area contributed by atoms with Crippen LogP contribution >= 0.6 is 0 Å². The van der Waals surface area contributed by atoms with Gasteiger partial charge in [-0.2, -0.15) is 0 Å². The van der Waals surface area contributed by atoms with Crippen LogP contribution in [0.25, 0.3) is 0 Å². The van der Waals surface area contributed by atoms with Crippen molar-refractivity contribution in [1.29, 1.82) is 0 Å². The van der Waals surface area contributed by atoms with Crippen LogP contribution in [-0.4, -0.2) is 58.9 Å². The number of hydrogen-bond donors (Lipinski definition) is 1. The van der Waals surface area contributed by atoms with Crippen LogP contribution in [0.2, 0.25) is 0 Å². The molecule has 4 amide bonds. The van der Waals surface area contributed by atoms with Crippen molar-refractivity contribution in [3.8, 4) is 11.5 Å². The van der Waals surface area contributed by atoms with E-state index >= 15 is 0 Å². The molecule has 0 bridgehead atoms. The Bertz CT molecular complexity index is 1050. The number of benzene rings is 1. The van der Waals surface area contributed by atoms with Crippen LogP contribution in [0.5, 0.6) is 11.5 Å². The van der Waals surface area contributed by atoms with E-state index in [1.54, 1.807) is 38.7 Å². The molecular weight excluding hydrogens is 436 g/mol. The first-order valence-electron chi connectivity index (χ1n) is 11.5. The first kappa shape index (κ1) is 23.5. The Kier molecular flexibility index (Phi) is 7.00. The summed E-state index contributed by atoms with van der Waals surface area (Å²) in [6, 6.07) is 8.76. The number of pyridine rings is 1. The fourth-order valence-corrected chi connectivity index (χ4v) is 4.65. The van der Waals surface area contributed by atoms with Crippen LogP contribution in [0.15, 0.2) is 42.7 Å². The zero-order valence-electron chi connectivity index (χ0n) is 19.6. The second-order valence-electron chi connectivity index (χ2n) is 8.73. The van der Waals surface area contributed by atoms with Crippen LogP contribution < -0.4 is 14.8 Å². The largest absolute Gasteiger partial charge is 0.493 e. The topological polar surface area (TPSA) is 101 Å². The molecule has 1 aromatic heterocycles. The van der Waals surface area contributed by atoms with Crippen molar-refractivity contribution in [1.82, 2.24) is 20.1 Å². The summed E-state index contributed by atoms with van der Waals surface area (Å²) in [5.74, 6) is 0.488. The highest BCUT2D eigenvalue weighted by Crippen LogP contribution is 2.39. The molecule has 1 aliphatic heterocycles. The minimum atomic E-state index is -0.783. The molecule has 1 aromatic carbocycles. The lowest BCUT2D eigenvalue weighted by Gasteiger charge is -2.35. The number of urea groups is 1. The van der Waals surface area contributed by atoms with Crippen LogP contribution in [0.4, 0.5) is 4.79 Å². The Morgan fingerprint density at radius 3 is 2.50 bits per heavy atom. The predicted octanol–water partition coefficient (Wildman–Crippen LogP) is 2.88. The summed E-state index contributed by atoms with van der Waals surface area (Å²) in [5, 5.41) is 2.79. The molecule has 9 heteroatoms. The van der Waals surface area contributed by atoms with E-state index in [4.69, 9.17) is 9.47 Å². The molecule has 1 spiro atoms. The fourth-order valence-electron chi connectivity index (χ4n) is 4.65. The summed E-state index contributed by atoms with van der Waals surface area (Å²) in [6.07, 6.45) is 7.61. The zero-order valence-corrected chi connectivity index (χ0v) is 19.6. The summed E-state index contributed by atoms with van der Waals surface area (Å²) in [4.78, 5) is 44.9. The number of aromatic nitrogens is 1. The SMILES string of the molecule is COc1cc(CNC(=O)CN2C(=O)N(C)C3(CCCCC3)C2=O)ccc1OCc1ccncc1. The summed E-state index contributed by atoms with van der Waals surface area (Å²) in [7, 11) is 3.22. The molecule has 4 rings (SSSR count). The summed E-state index contributed by atoms with van der Waals surface area (Å²) in [6.45, 7) is 0.327. The average molecular weight is 467 g/mol. The van der Waals surface area contributed by atoms with Gasteiger partial charge in [-0.1, -0.05) is 25.3 Å². The van der Waals surface area contributed by atoms with Gasteiger partial charge in [0.2, 0.25) is 5.91 Å². The van der Waals surface area contributed by atoms with Gasteiger partial charge in [-0.15, -0.1) is 0 Å². The Hall–Kier alpha value is -3.62. The van der Waals surface area contributed by atoms with Crippen LogP contribution in [-0.2, 0) is 22.7 Å². The van der Waals surface area contributed by atoms with Gasteiger partial charge >= 0.3 is 6.03 Å². The lowest BCUT2D eigenvalue weighted by atomic mass is 9.81. The normalized spacial score (nSPS) is 17.2. The van der Waals surface area contributed by atoms with Gasteiger partial charge in [0.25, 0.3) is 5.91 Å². The van der Waals surface area contributed by atoms with E-state index in [9.17, 15) is 14.4 Å². The van der Waals surface area contributed by atoms with Crippen molar-refractivity contribution in [2.45, 2.75) is 50.8 Å². The molecular formula is C25H30N4O5. The third-order valence-corrected chi connectivity index (χ3v) is 6.65. The minimum Gasteiger partial charge on any atom is -0.493 e. The van der Waals surface area contributed by atoms with Crippen molar-refractivity contribution in [3.05, 3.63) is 53.9 Å². The first-order valence-corrected chi connectivity index (χ1v) is 11.5. The Morgan fingerprint density at radius 2 is 1.79 bits per heavy atom. The van der Waals surface area contributed by atoms with E-state index in [2.05, 4.69) is 10.3 Å². The maximum Gasteiger partial charge on any atom is 0.327 e. The Morgan fingerprint density at radius 1 is 1.06 bits per heavy atom. The lowest BCUT2D eigenvalue weighted by molar-refractivity contribution is -0.137. The maximum absolute atomic E-state index is 13.0. The van der Waals surface area contributed by atoms with Crippen molar-refractivity contribution in [3.63, 3.8) is 0 Å². The van der Waals surface area contributed by atoms with E-state index in [1.165, 1.54) is 4.90 Å². The van der Waals surface area contributed by atoms with Crippen molar-refractivity contribution >= 4 is 17.8 Å². The highest BCUT2D eigenvalue weighted by Gasteiger charge is 2.55. The molecule has 1 saturated heterocycles. The third kappa shape index (κ3) is 4.69. The molecule has 1 N–H and O–H groups in total. The maximum atomic E-state index is 13.0. The van der Waals surface area contributed by atoms with Crippen LogP contribution in [0, 0.1) is 0 Å². The molecule has 180 valence electrons. The van der Waals surface area contributed by atoms with Crippen molar-refractivity contribution in [2.24, 2.45) is 0 Å². The minimum absolute atomic E-state index is 0.233. The van der Waals surface area contributed by atoms with Crippen molar-refractivity contribution < 1.29 is 23.9 Å². The fraction of sp³-hybridized carbons (Fsp3) is 0.440. The second kappa shape index (κ2) is 10.1. The zero-order chi connectivity index (χ0) is 24.1. The van der Waals surface area contributed by atoms with E-state index in [0.29, 0.717) is 30.9 Å². The molecule has 1 saturated carbocycles. The standard InChI is InChI=1S/C25H30N4O5/c1-28-24(32)29(23(31)25(28)10-4-3-5-11-25)16-22(30)27-15-19-6-7-20(21(14-19)33-2)34-17-18-8-12-26-13-9-18/h6-9,12-14H,3-5,10-11,15-17H2,1-2H3,(H,27,30). The van der Waals surface area contributed by atoms with E-state index in [0.717, 1.165) is 35.3 Å². The van der Waals surface area contributed by atoms with Gasteiger partial charge in [-0.05, 0) is 48.2 Å². The van der Waals surface area contributed by atoms with Gasteiger partial charge < -0.3 is 19.7 Å². The number of carbonyl (C=O) groups is 3. The summed E-state index contributed by atoms with van der Waals surface area (Å²) >= 11 is 0. The highest BCUT2D eigenvalue weighted by molar-refractivity contribution is 6.08. The van der Waals surface area contributed by atoms with Gasteiger partial charge in [0.1, 0.15) is 18.7 Å². The molecule has 2 fully saturated rings. The number of hydrogen-bond acceptors (Lipinski definition) is 6. The molecule has 0 radical (unpaired) electrons. The van der Waals surface area contributed by atoms with E-state index in [1.807, 2.05) is 18.2 Å². The summed E-state index contributed by atoms with van der Waals surface area (Å²) < 4.78 is 11.3. The number of nitrogens with one attached hydrogen (secondary N) is 1. The quantitative estimate of drug-likeness (QED) is 0.601. The molecule has 34 heavy (non-hydrogen) atoms. The Balaban J connectivity index is 1.33. The Labute approximate surface area is 199 Å². The van der Waals surface area contributed by atoms with Gasteiger partial charge in [0.05, 0.1) is 7.11 Å². The van der Waals surface area contributed by atoms with Crippen LogP contribution in [0.1, 0.15) is 43.2 Å². The molecule has 9 nitrogen and oxygen atoms in total. The number of amides is 4. The number of likely N-dealkylation sites (N-methyl/N-ethyl adjacent to an activating group) is 1. The molecule has 1 aliphatic carbocycles. The van der Waals surface area contributed by atoms with Crippen LogP contribution in [0.3, 0.4) is 0 Å². The van der Waals surface area contributed by atoms with Gasteiger partial charge in [-0.25, -0.2) is 4.79 Å². The summed E-state index contributed by atoms with van der Waals surface area (Å²) in [5.41, 5.74) is 1.01. The molecule has 0 unspecified atom stereocenters. The average Bonchev–Trinajstić information content (AvgIpc) is 3.03. The van der Waals surface area contributed by atoms with E-state index in [-0.39, 0.29) is 24.9 Å². The molecule has 2 aromatic rings. The monoisotopic (exact) mass is 466 g/mol. The molecule has 0 atom stereocenters. The number of carbonyl (C=O) groups excluding carboxylic acids is 3. The number of imide groups is 1.